The largest absolute Gasteiger partial charge is 0.493 e. The molecule has 9 nitrogen and oxygen atoms in total. The Kier molecular flexibility index (Phi) is 9.57. The van der Waals surface area contributed by atoms with E-state index in [1.165, 1.54) is 21.3 Å². The minimum atomic E-state index is -0.302. The highest BCUT2D eigenvalue weighted by molar-refractivity contribution is 5.96. The number of methoxy groups -OCH3 is 3. The molecule has 0 aliphatic heterocycles. The van der Waals surface area contributed by atoms with Gasteiger partial charge in [-0.15, -0.1) is 0 Å². The van der Waals surface area contributed by atoms with Crippen molar-refractivity contribution in [2.24, 2.45) is 5.92 Å². The Morgan fingerprint density at radius 2 is 1.64 bits per heavy atom. The lowest BCUT2D eigenvalue weighted by Crippen LogP contribution is -2.39. The zero-order valence-electron chi connectivity index (χ0n) is 20.6. The summed E-state index contributed by atoms with van der Waals surface area (Å²) in [6.45, 7) is 8.78. The van der Waals surface area contributed by atoms with Crippen molar-refractivity contribution in [3.63, 3.8) is 0 Å². The Balaban J connectivity index is 2.34. The third-order valence-electron chi connectivity index (χ3n) is 5.34. The molecule has 0 aliphatic rings. The van der Waals surface area contributed by atoms with E-state index in [1.807, 2.05) is 27.7 Å². The van der Waals surface area contributed by atoms with Crippen LogP contribution in [0.4, 0.5) is 0 Å². The summed E-state index contributed by atoms with van der Waals surface area (Å²) >= 11 is 0. The van der Waals surface area contributed by atoms with Crippen LogP contribution in [-0.4, -0.2) is 55.8 Å². The van der Waals surface area contributed by atoms with Crippen LogP contribution in [0.5, 0.6) is 17.2 Å². The summed E-state index contributed by atoms with van der Waals surface area (Å²) in [5.74, 6) is 1.44. The molecule has 1 aromatic heterocycles. The van der Waals surface area contributed by atoms with Crippen LogP contribution in [0, 0.1) is 5.92 Å². The van der Waals surface area contributed by atoms with Gasteiger partial charge in [0.2, 0.25) is 5.75 Å². The van der Waals surface area contributed by atoms with Crippen molar-refractivity contribution < 1.29 is 28.3 Å². The average molecular weight is 462 g/mol. The highest BCUT2D eigenvalue weighted by Gasteiger charge is 2.27. The molecule has 9 heteroatoms. The van der Waals surface area contributed by atoms with E-state index in [-0.39, 0.29) is 30.1 Å². The molecule has 182 valence electrons. The van der Waals surface area contributed by atoms with Gasteiger partial charge in [-0.1, -0.05) is 32.9 Å². The molecular weight excluding hydrogens is 426 g/mol. The highest BCUT2D eigenvalue weighted by atomic mass is 16.5. The fourth-order valence-electron chi connectivity index (χ4n) is 3.52. The topological polar surface area (TPSA) is 103 Å². The normalized spacial score (nSPS) is 10.9. The van der Waals surface area contributed by atoms with Crippen molar-refractivity contribution in [1.29, 1.82) is 0 Å². The van der Waals surface area contributed by atoms with Crippen molar-refractivity contribution in [3.8, 4) is 17.2 Å². The van der Waals surface area contributed by atoms with Gasteiger partial charge in [0.05, 0.1) is 27.9 Å². The van der Waals surface area contributed by atoms with Gasteiger partial charge in [-0.2, -0.15) is 0 Å². The molecule has 0 saturated heterocycles. The van der Waals surface area contributed by atoms with Crippen molar-refractivity contribution >= 4 is 11.8 Å². The first-order valence-corrected chi connectivity index (χ1v) is 11.1. The van der Waals surface area contributed by atoms with Gasteiger partial charge >= 0.3 is 0 Å². The van der Waals surface area contributed by atoms with E-state index in [0.29, 0.717) is 41.0 Å². The number of hydrogen-bond donors (Lipinski definition) is 1. The monoisotopic (exact) mass is 461 g/mol. The Bertz CT molecular complexity index is 911. The van der Waals surface area contributed by atoms with Gasteiger partial charge in [-0.25, -0.2) is 0 Å². The summed E-state index contributed by atoms with van der Waals surface area (Å²) < 4.78 is 21.6. The third kappa shape index (κ3) is 6.40. The molecule has 1 heterocycles. The molecule has 2 aromatic rings. The minimum Gasteiger partial charge on any atom is -0.493 e. The van der Waals surface area contributed by atoms with Crippen molar-refractivity contribution in [3.05, 3.63) is 35.2 Å². The standard InChI is InChI=1S/C24H35N3O6/c1-8-17(9-2)27(14-18-12-19(26-33-18)23(28)25-13-15(3)4)24(29)16-10-20(30-5)22(32-7)21(11-16)31-6/h10-12,15,17H,8-9,13-14H2,1-7H3,(H,25,28). The van der Waals surface area contributed by atoms with E-state index in [9.17, 15) is 9.59 Å². The molecule has 0 fully saturated rings. The molecule has 2 amide bonds. The number of hydrogen-bond acceptors (Lipinski definition) is 7. The number of carbonyl (C=O) groups excluding carboxylic acids is 2. The summed E-state index contributed by atoms with van der Waals surface area (Å²) in [4.78, 5) is 27.6. The van der Waals surface area contributed by atoms with Gasteiger partial charge in [-0.05, 0) is 30.9 Å². The summed E-state index contributed by atoms with van der Waals surface area (Å²) in [6.07, 6.45) is 1.51. The van der Waals surface area contributed by atoms with Crippen molar-refractivity contribution in [2.75, 3.05) is 27.9 Å². The van der Waals surface area contributed by atoms with Gasteiger partial charge in [0.15, 0.2) is 23.0 Å². The Morgan fingerprint density at radius 1 is 1.03 bits per heavy atom. The molecule has 0 aliphatic carbocycles. The lowest BCUT2D eigenvalue weighted by molar-refractivity contribution is 0.0626. The lowest BCUT2D eigenvalue weighted by Gasteiger charge is -2.30. The smallest absolute Gasteiger partial charge is 0.273 e. The second kappa shape index (κ2) is 12.1. The molecule has 1 N–H and O–H groups in total. The first-order chi connectivity index (χ1) is 15.8. The van der Waals surface area contributed by atoms with E-state index in [1.54, 1.807) is 23.1 Å². The van der Waals surface area contributed by atoms with Crippen LogP contribution in [-0.2, 0) is 6.54 Å². The molecule has 0 unspecified atom stereocenters. The van der Waals surface area contributed by atoms with E-state index >= 15 is 0 Å². The summed E-state index contributed by atoms with van der Waals surface area (Å²) in [7, 11) is 4.52. The number of amides is 2. The van der Waals surface area contributed by atoms with Crippen LogP contribution < -0.4 is 19.5 Å². The molecule has 0 atom stereocenters. The molecule has 1 aromatic carbocycles. The van der Waals surface area contributed by atoms with E-state index in [4.69, 9.17) is 18.7 Å². The second-order valence-electron chi connectivity index (χ2n) is 8.10. The van der Waals surface area contributed by atoms with Crippen LogP contribution >= 0.6 is 0 Å². The molecule has 0 saturated carbocycles. The van der Waals surface area contributed by atoms with Crippen LogP contribution in [0.3, 0.4) is 0 Å². The van der Waals surface area contributed by atoms with Crippen molar-refractivity contribution in [1.82, 2.24) is 15.4 Å². The number of nitrogens with zero attached hydrogens (tertiary/aromatic N) is 2. The quantitative estimate of drug-likeness (QED) is 0.511. The van der Waals surface area contributed by atoms with E-state index in [2.05, 4.69) is 10.5 Å². The molecule has 0 bridgehead atoms. The fourth-order valence-corrected chi connectivity index (χ4v) is 3.52. The van der Waals surface area contributed by atoms with Crippen LogP contribution in [0.25, 0.3) is 0 Å². The lowest BCUT2D eigenvalue weighted by atomic mass is 10.1. The van der Waals surface area contributed by atoms with E-state index < -0.39 is 0 Å². The Labute approximate surface area is 195 Å². The Morgan fingerprint density at radius 3 is 2.12 bits per heavy atom. The highest BCUT2D eigenvalue weighted by Crippen LogP contribution is 2.38. The SMILES string of the molecule is CCC(CC)N(Cc1cc(C(=O)NCC(C)C)no1)C(=O)c1cc(OC)c(OC)c(OC)c1. The summed E-state index contributed by atoms with van der Waals surface area (Å²) in [6, 6.07) is 4.79. The number of ether oxygens (including phenoxy) is 3. The van der Waals surface area contributed by atoms with Crippen LogP contribution in [0.15, 0.2) is 22.7 Å². The molecular formula is C24H35N3O6. The summed E-state index contributed by atoms with van der Waals surface area (Å²) in [5.41, 5.74) is 0.584. The maximum absolute atomic E-state index is 13.6. The molecule has 0 radical (unpaired) electrons. The van der Waals surface area contributed by atoms with E-state index in [0.717, 1.165) is 12.8 Å². The van der Waals surface area contributed by atoms with Gasteiger partial charge in [0.1, 0.15) is 0 Å². The summed E-state index contributed by atoms with van der Waals surface area (Å²) in [5, 5.41) is 6.70. The molecule has 2 rings (SSSR count). The van der Waals surface area contributed by atoms with Crippen LogP contribution in [0.2, 0.25) is 0 Å². The predicted octanol–water partition coefficient (Wildman–Crippen LogP) is 3.92. The van der Waals surface area contributed by atoms with Gasteiger partial charge in [-0.3, -0.25) is 9.59 Å². The number of nitrogens with one attached hydrogen (secondary N) is 1. The van der Waals surface area contributed by atoms with Gasteiger partial charge < -0.3 is 29.0 Å². The first kappa shape index (κ1) is 26.0. The average Bonchev–Trinajstić information content (AvgIpc) is 3.29. The van der Waals surface area contributed by atoms with Gasteiger partial charge in [0.25, 0.3) is 11.8 Å². The zero-order chi connectivity index (χ0) is 24.5. The number of carbonyl (C=O) groups is 2. The maximum atomic E-state index is 13.6. The van der Waals surface area contributed by atoms with Crippen molar-refractivity contribution in [2.45, 2.75) is 53.1 Å². The molecule has 0 spiro atoms. The third-order valence-corrected chi connectivity index (χ3v) is 5.34. The molecule has 33 heavy (non-hydrogen) atoms. The first-order valence-electron chi connectivity index (χ1n) is 11.1. The maximum Gasteiger partial charge on any atom is 0.273 e. The Hall–Kier alpha value is -3.23. The van der Waals surface area contributed by atoms with Crippen LogP contribution in [0.1, 0.15) is 67.1 Å². The zero-order valence-corrected chi connectivity index (χ0v) is 20.6. The minimum absolute atomic E-state index is 0.0418. The second-order valence-corrected chi connectivity index (χ2v) is 8.10. The number of aromatic nitrogens is 1. The number of benzene rings is 1. The van der Waals surface area contributed by atoms with Gasteiger partial charge in [0, 0.05) is 24.2 Å². The predicted molar refractivity (Wildman–Crippen MR) is 124 cm³/mol. The fraction of sp³-hybridized carbons (Fsp3) is 0.542. The number of rotatable bonds is 12.